The molecule has 1 aromatic carbocycles. The highest BCUT2D eigenvalue weighted by Gasteiger charge is 2.26. The highest BCUT2D eigenvalue weighted by Crippen LogP contribution is 2.17. The largest absolute Gasteiger partial charge is 0.491 e. The Morgan fingerprint density at radius 2 is 2.29 bits per heavy atom. The van der Waals surface area contributed by atoms with Crippen molar-refractivity contribution in [3.63, 3.8) is 0 Å². The lowest BCUT2D eigenvalue weighted by molar-refractivity contribution is -0.129. The van der Waals surface area contributed by atoms with Gasteiger partial charge in [0.2, 0.25) is 5.91 Å². The first kappa shape index (κ1) is 15.8. The summed E-state index contributed by atoms with van der Waals surface area (Å²) in [5, 5.41) is 12.9. The van der Waals surface area contributed by atoms with Crippen molar-refractivity contribution in [2.45, 2.75) is 25.6 Å². The van der Waals surface area contributed by atoms with Gasteiger partial charge in [0.1, 0.15) is 18.5 Å². The predicted molar refractivity (Wildman–Crippen MR) is 79.9 cm³/mol. The van der Waals surface area contributed by atoms with Crippen molar-refractivity contribution in [1.82, 2.24) is 10.2 Å². The van der Waals surface area contributed by atoms with Crippen LogP contribution in [0.1, 0.15) is 12.5 Å². The number of ether oxygens (including phenoxy) is 1. The number of aliphatic hydroxyl groups excluding tert-OH is 1. The van der Waals surface area contributed by atoms with Gasteiger partial charge in [0.25, 0.3) is 0 Å². The molecule has 1 fully saturated rings. The molecule has 1 heterocycles. The maximum Gasteiger partial charge on any atom is 0.237 e. The molecule has 1 saturated heterocycles. The first-order chi connectivity index (χ1) is 10.1. The number of amides is 1. The van der Waals surface area contributed by atoms with Gasteiger partial charge in [-0.15, -0.1) is 0 Å². The van der Waals surface area contributed by atoms with Crippen molar-refractivity contribution in [1.29, 1.82) is 0 Å². The van der Waals surface area contributed by atoms with Gasteiger partial charge in [-0.05, 0) is 13.0 Å². The van der Waals surface area contributed by atoms with Crippen molar-refractivity contribution in [3.05, 3.63) is 29.8 Å². The number of aliphatic hydroxyl groups is 1. The molecule has 0 bridgehead atoms. The summed E-state index contributed by atoms with van der Waals surface area (Å²) >= 11 is 0. The third-order valence-electron chi connectivity index (χ3n) is 3.69. The Hall–Kier alpha value is -1.63. The Balaban J connectivity index is 1.84. The number of carbonyl (C=O) groups excluding carboxylic acids is 1. The molecule has 1 aliphatic rings. The third-order valence-corrected chi connectivity index (χ3v) is 3.69. The molecule has 6 nitrogen and oxygen atoms in total. The normalized spacial score (nSPS) is 20.9. The highest BCUT2D eigenvalue weighted by atomic mass is 16.5. The van der Waals surface area contributed by atoms with Crippen LogP contribution in [-0.4, -0.2) is 54.3 Å². The molecule has 0 aliphatic carbocycles. The van der Waals surface area contributed by atoms with Crippen LogP contribution >= 0.6 is 0 Å². The van der Waals surface area contributed by atoms with Gasteiger partial charge in [-0.1, -0.05) is 18.2 Å². The van der Waals surface area contributed by atoms with E-state index in [1.165, 1.54) is 0 Å². The van der Waals surface area contributed by atoms with Crippen LogP contribution in [-0.2, 0) is 11.3 Å². The minimum atomic E-state index is -0.649. The van der Waals surface area contributed by atoms with E-state index >= 15 is 0 Å². The molecule has 21 heavy (non-hydrogen) atoms. The number of carbonyl (C=O) groups is 1. The highest BCUT2D eigenvalue weighted by molar-refractivity contribution is 5.81. The summed E-state index contributed by atoms with van der Waals surface area (Å²) in [7, 11) is 0. The zero-order valence-corrected chi connectivity index (χ0v) is 12.3. The molecule has 2 unspecified atom stereocenters. The van der Waals surface area contributed by atoms with E-state index in [4.69, 9.17) is 10.5 Å². The molecule has 4 N–H and O–H groups in total. The average molecular weight is 293 g/mol. The summed E-state index contributed by atoms with van der Waals surface area (Å²) < 4.78 is 5.64. The van der Waals surface area contributed by atoms with Gasteiger partial charge >= 0.3 is 0 Å². The van der Waals surface area contributed by atoms with Gasteiger partial charge < -0.3 is 20.9 Å². The van der Waals surface area contributed by atoms with Crippen LogP contribution in [0.5, 0.6) is 5.75 Å². The fourth-order valence-electron chi connectivity index (χ4n) is 2.40. The van der Waals surface area contributed by atoms with Crippen molar-refractivity contribution in [3.8, 4) is 5.75 Å². The van der Waals surface area contributed by atoms with Crippen molar-refractivity contribution in [2.75, 3.05) is 26.2 Å². The monoisotopic (exact) mass is 293 g/mol. The van der Waals surface area contributed by atoms with E-state index in [1.807, 2.05) is 36.1 Å². The van der Waals surface area contributed by atoms with E-state index in [2.05, 4.69) is 5.32 Å². The van der Waals surface area contributed by atoms with Crippen LogP contribution in [0.2, 0.25) is 0 Å². The summed E-state index contributed by atoms with van der Waals surface area (Å²) in [4.78, 5) is 13.5. The standard InChI is InChI=1S/C15H23N3O3/c1-11-15(20)17-6-7-18(11)9-13(19)10-21-14-5-3-2-4-12(14)8-16/h2-5,11,13,19H,6-10,16H2,1H3,(H,17,20). The topological polar surface area (TPSA) is 87.8 Å². The number of para-hydroxylation sites is 1. The summed E-state index contributed by atoms with van der Waals surface area (Å²) in [5.41, 5.74) is 6.56. The molecule has 2 rings (SSSR count). The minimum Gasteiger partial charge on any atom is -0.491 e. The van der Waals surface area contributed by atoms with E-state index in [0.29, 0.717) is 25.4 Å². The molecular weight excluding hydrogens is 270 g/mol. The van der Waals surface area contributed by atoms with E-state index < -0.39 is 6.10 Å². The summed E-state index contributed by atoms with van der Waals surface area (Å²) in [6, 6.07) is 7.30. The SMILES string of the molecule is CC1C(=O)NCCN1CC(O)COc1ccccc1CN. The molecule has 6 heteroatoms. The fraction of sp³-hybridized carbons (Fsp3) is 0.533. The second kappa shape index (κ2) is 7.40. The van der Waals surface area contributed by atoms with Crippen molar-refractivity contribution in [2.24, 2.45) is 5.73 Å². The number of piperazine rings is 1. The second-order valence-electron chi connectivity index (χ2n) is 5.24. The molecule has 2 atom stereocenters. The Morgan fingerprint density at radius 3 is 3.05 bits per heavy atom. The number of nitrogens with zero attached hydrogens (tertiary/aromatic N) is 1. The molecule has 1 aromatic rings. The van der Waals surface area contributed by atoms with Gasteiger partial charge in [0.05, 0.1) is 6.04 Å². The van der Waals surface area contributed by atoms with Gasteiger partial charge in [-0.2, -0.15) is 0 Å². The van der Waals surface area contributed by atoms with Gasteiger partial charge in [0, 0.05) is 31.7 Å². The van der Waals surface area contributed by atoms with Crippen LogP contribution in [0.3, 0.4) is 0 Å². The number of hydrogen-bond acceptors (Lipinski definition) is 5. The number of nitrogens with two attached hydrogens (primary N) is 1. The van der Waals surface area contributed by atoms with Crippen molar-refractivity contribution >= 4 is 5.91 Å². The summed E-state index contributed by atoms with van der Waals surface area (Å²) in [6.45, 7) is 4.19. The van der Waals surface area contributed by atoms with E-state index in [1.54, 1.807) is 0 Å². The van der Waals surface area contributed by atoms with Crippen LogP contribution in [0, 0.1) is 0 Å². The lowest BCUT2D eigenvalue weighted by atomic mass is 10.2. The van der Waals surface area contributed by atoms with E-state index in [9.17, 15) is 9.90 Å². The molecule has 0 aromatic heterocycles. The quantitative estimate of drug-likeness (QED) is 0.670. The van der Waals surface area contributed by atoms with E-state index in [-0.39, 0.29) is 18.6 Å². The zero-order chi connectivity index (χ0) is 15.2. The number of benzene rings is 1. The van der Waals surface area contributed by atoms with Crippen LogP contribution < -0.4 is 15.8 Å². The Kier molecular flexibility index (Phi) is 5.55. The smallest absolute Gasteiger partial charge is 0.237 e. The summed E-state index contributed by atoms with van der Waals surface area (Å²) in [5.74, 6) is 0.700. The molecule has 116 valence electrons. The molecule has 1 aliphatic heterocycles. The maximum absolute atomic E-state index is 11.6. The average Bonchev–Trinajstić information content (AvgIpc) is 2.50. The number of rotatable bonds is 6. The number of nitrogens with one attached hydrogen (secondary N) is 1. The first-order valence-electron chi connectivity index (χ1n) is 7.22. The maximum atomic E-state index is 11.6. The lowest BCUT2D eigenvalue weighted by Crippen LogP contribution is -2.55. The van der Waals surface area contributed by atoms with Gasteiger partial charge in [-0.25, -0.2) is 0 Å². The van der Waals surface area contributed by atoms with E-state index in [0.717, 1.165) is 12.1 Å². The van der Waals surface area contributed by atoms with Crippen LogP contribution in [0.15, 0.2) is 24.3 Å². The summed E-state index contributed by atoms with van der Waals surface area (Å²) in [6.07, 6.45) is -0.649. The number of β-amino-alcohol motifs (C(OH)–C–C–N with tert-alkyl or cyclic N) is 1. The molecule has 0 radical (unpaired) electrons. The number of hydrogen-bond donors (Lipinski definition) is 3. The molecule has 1 amide bonds. The molecule has 0 saturated carbocycles. The molecular formula is C15H23N3O3. The Morgan fingerprint density at radius 1 is 1.52 bits per heavy atom. The van der Waals surface area contributed by atoms with Crippen LogP contribution in [0.25, 0.3) is 0 Å². The van der Waals surface area contributed by atoms with Gasteiger partial charge in [0.15, 0.2) is 0 Å². The first-order valence-corrected chi connectivity index (χ1v) is 7.22. The minimum absolute atomic E-state index is 0.00263. The second-order valence-corrected chi connectivity index (χ2v) is 5.24. The van der Waals surface area contributed by atoms with Gasteiger partial charge in [-0.3, -0.25) is 9.69 Å². The molecule has 0 spiro atoms. The van der Waals surface area contributed by atoms with Crippen LogP contribution in [0.4, 0.5) is 0 Å². The third kappa shape index (κ3) is 4.17. The van der Waals surface area contributed by atoms with Crippen molar-refractivity contribution < 1.29 is 14.6 Å². The zero-order valence-electron chi connectivity index (χ0n) is 12.3. The fourth-order valence-corrected chi connectivity index (χ4v) is 2.40. The Bertz CT molecular complexity index is 481. The lowest BCUT2D eigenvalue weighted by Gasteiger charge is -2.34. The predicted octanol–water partition coefficient (Wildman–Crippen LogP) is -0.295. The Labute approximate surface area is 124 Å².